The van der Waals surface area contributed by atoms with Crippen LogP contribution in [-0.2, 0) is 9.59 Å². The quantitative estimate of drug-likeness (QED) is 0.717. The van der Waals surface area contributed by atoms with Crippen molar-refractivity contribution >= 4 is 23.6 Å². The number of carbonyl (C=O) groups excluding carboxylic acids is 1. The van der Waals surface area contributed by atoms with Crippen molar-refractivity contribution in [2.45, 2.75) is 36.9 Å². The number of nitrogens with one attached hydrogen (secondary N) is 1. The molecule has 1 rings (SSSR count). The number of hydrogen-bond acceptors (Lipinski definition) is 3. The monoisotopic (exact) mass is 231 g/mol. The van der Waals surface area contributed by atoms with Gasteiger partial charge in [0.2, 0.25) is 0 Å². The van der Waals surface area contributed by atoms with E-state index in [1.165, 1.54) is 19.3 Å². The largest absolute Gasteiger partial charge is 0.474 e. The molecule has 0 saturated heterocycles. The average molecular weight is 231 g/mol. The summed E-state index contributed by atoms with van der Waals surface area (Å²) in [7, 11) is 0. The van der Waals surface area contributed by atoms with Crippen molar-refractivity contribution in [3.8, 4) is 0 Å². The summed E-state index contributed by atoms with van der Waals surface area (Å²) < 4.78 is 0.0589. The van der Waals surface area contributed by atoms with E-state index in [1.54, 1.807) is 11.8 Å². The number of hydrogen-bond donors (Lipinski definition) is 2. The van der Waals surface area contributed by atoms with E-state index in [2.05, 4.69) is 5.32 Å². The van der Waals surface area contributed by atoms with Crippen LogP contribution in [0.3, 0.4) is 0 Å². The number of thioether (sulfide) groups is 1. The minimum atomic E-state index is -1.40. The second-order valence-electron chi connectivity index (χ2n) is 3.94. The lowest BCUT2D eigenvalue weighted by molar-refractivity contribution is -0.150. The number of carboxylic acid groups (broad SMARTS) is 1. The highest BCUT2D eigenvalue weighted by Crippen LogP contribution is 2.37. The molecule has 0 aliphatic heterocycles. The molecule has 0 atom stereocenters. The third-order valence-electron chi connectivity index (χ3n) is 2.96. The first-order chi connectivity index (χ1) is 7.09. The maximum Gasteiger partial charge on any atom is 0.394 e. The summed E-state index contributed by atoms with van der Waals surface area (Å²) in [5.74, 6) is -2.30. The third-order valence-corrected chi connectivity index (χ3v) is 4.38. The Bertz CT molecular complexity index is 249. The van der Waals surface area contributed by atoms with E-state index in [0.29, 0.717) is 6.54 Å². The van der Waals surface area contributed by atoms with Crippen molar-refractivity contribution in [3.05, 3.63) is 0 Å². The molecule has 5 heteroatoms. The lowest BCUT2D eigenvalue weighted by Crippen LogP contribution is -2.43. The highest BCUT2D eigenvalue weighted by molar-refractivity contribution is 8.00. The van der Waals surface area contributed by atoms with Crippen LogP contribution in [-0.4, -0.2) is 34.5 Å². The van der Waals surface area contributed by atoms with Gasteiger partial charge in [-0.15, -0.1) is 0 Å². The molecule has 2 N–H and O–H groups in total. The Hall–Kier alpha value is -0.710. The molecule has 0 heterocycles. The predicted molar refractivity (Wildman–Crippen MR) is 60.0 cm³/mol. The molecule has 1 saturated carbocycles. The van der Waals surface area contributed by atoms with Crippen LogP contribution in [0, 0.1) is 0 Å². The van der Waals surface area contributed by atoms with Crippen LogP contribution < -0.4 is 5.32 Å². The first-order valence-corrected chi connectivity index (χ1v) is 6.38. The first kappa shape index (κ1) is 12.4. The zero-order chi connectivity index (χ0) is 11.3. The molecule has 0 unspecified atom stereocenters. The summed E-state index contributed by atoms with van der Waals surface area (Å²) in [6.45, 7) is 0.472. The van der Waals surface area contributed by atoms with Crippen molar-refractivity contribution in [3.63, 3.8) is 0 Å². The molecule has 0 aromatic rings. The van der Waals surface area contributed by atoms with Gasteiger partial charge in [0.25, 0.3) is 0 Å². The molecule has 0 radical (unpaired) electrons. The van der Waals surface area contributed by atoms with Crippen LogP contribution in [0.5, 0.6) is 0 Å². The summed E-state index contributed by atoms with van der Waals surface area (Å²) in [5.41, 5.74) is 0. The number of carbonyl (C=O) groups is 2. The normalized spacial score (nSPS) is 19.5. The van der Waals surface area contributed by atoms with Crippen LogP contribution in [0.15, 0.2) is 0 Å². The Kier molecular flexibility index (Phi) is 4.45. The molecule has 1 fully saturated rings. The van der Waals surface area contributed by atoms with Crippen molar-refractivity contribution in [2.75, 3.05) is 12.8 Å². The van der Waals surface area contributed by atoms with Gasteiger partial charge in [-0.2, -0.15) is 11.8 Å². The molecule has 0 aromatic heterocycles. The summed E-state index contributed by atoms with van der Waals surface area (Å²) in [6.07, 6.45) is 7.74. The van der Waals surface area contributed by atoms with Crippen LogP contribution in [0.4, 0.5) is 0 Å². The van der Waals surface area contributed by atoms with Crippen molar-refractivity contribution in [2.24, 2.45) is 0 Å². The molecule has 86 valence electrons. The predicted octanol–water partition coefficient (Wildman–Crippen LogP) is 1.25. The fraction of sp³-hybridized carbons (Fsp3) is 0.800. The maximum atomic E-state index is 10.9. The molecule has 1 amide bonds. The van der Waals surface area contributed by atoms with Crippen LogP contribution >= 0.6 is 11.8 Å². The standard InChI is InChI=1S/C10H17NO3S/c1-15-10(5-3-2-4-6-10)7-11-8(12)9(13)14/h2-7H2,1H3,(H,11,12)(H,13,14). The fourth-order valence-electron chi connectivity index (χ4n) is 1.97. The zero-order valence-electron chi connectivity index (χ0n) is 8.91. The topological polar surface area (TPSA) is 66.4 Å². The third kappa shape index (κ3) is 3.41. The van der Waals surface area contributed by atoms with E-state index < -0.39 is 11.9 Å². The Labute approximate surface area is 93.8 Å². The van der Waals surface area contributed by atoms with Gasteiger partial charge in [0, 0.05) is 11.3 Å². The second kappa shape index (κ2) is 5.39. The molecule has 15 heavy (non-hydrogen) atoms. The van der Waals surface area contributed by atoms with Gasteiger partial charge >= 0.3 is 11.9 Å². The van der Waals surface area contributed by atoms with E-state index in [9.17, 15) is 9.59 Å². The highest BCUT2D eigenvalue weighted by Gasteiger charge is 2.31. The van der Waals surface area contributed by atoms with Crippen LogP contribution in [0.1, 0.15) is 32.1 Å². The molecule has 4 nitrogen and oxygen atoms in total. The smallest absolute Gasteiger partial charge is 0.394 e. The molecular formula is C10H17NO3S. The Balaban J connectivity index is 2.45. The van der Waals surface area contributed by atoms with Gasteiger partial charge < -0.3 is 10.4 Å². The number of aliphatic carboxylic acids is 1. The lowest BCUT2D eigenvalue weighted by atomic mass is 9.88. The van der Waals surface area contributed by atoms with Crippen molar-refractivity contribution in [1.82, 2.24) is 5.32 Å². The SMILES string of the molecule is CSC1(CNC(=O)C(=O)O)CCCCC1. The van der Waals surface area contributed by atoms with E-state index in [1.807, 2.05) is 6.26 Å². The van der Waals surface area contributed by atoms with Gasteiger partial charge in [0.15, 0.2) is 0 Å². The first-order valence-electron chi connectivity index (χ1n) is 5.16. The summed E-state index contributed by atoms with van der Waals surface area (Å²) >= 11 is 1.74. The van der Waals surface area contributed by atoms with Gasteiger partial charge in [-0.3, -0.25) is 4.79 Å². The Morgan fingerprint density at radius 1 is 1.33 bits per heavy atom. The van der Waals surface area contributed by atoms with Gasteiger partial charge in [0.05, 0.1) is 0 Å². The fourth-order valence-corrected chi connectivity index (χ4v) is 2.88. The number of carboxylic acids is 1. The van der Waals surface area contributed by atoms with Crippen molar-refractivity contribution in [1.29, 1.82) is 0 Å². The highest BCUT2D eigenvalue weighted by atomic mass is 32.2. The van der Waals surface area contributed by atoms with E-state index >= 15 is 0 Å². The molecule has 1 aliphatic rings. The van der Waals surface area contributed by atoms with Crippen LogP contribution in [0.25, 0.3) is 0 Å². The second-order valence-corrected chi connectivity index (χ2v) is 5.21. The minimum absolute atomic E-state index is 0.0589. The van der Waals surface area contributed by atoms with Gasteiger partial charge in [-0.25, -0.2) is 4.79 Å². The Morgan fingerprint density at radius 3 is 2.40 bits per heavy atom. The maximum absolute atomic E-state index is 10.9. The molecule has 0 bridgehead atoms. The lowest BCUT2D eigenvalue weighted by Gasteiger charge is -2.35. The van der Waals surface area contributed by atoms with E-state index in [0.717, 1.165) is 12.8 Å². The summed E-state index contributed by atoms with van der Waals surface area (Å²) in [6, 6.07) is 0. The van der Waals surface area contributed by atoms with E-state index in [4.69, 9.17) is 5.11 Å². The van der Waals surface area contributed by atoms with Gasteiger partial charge in [-0.1, -0.05) is 19.3 Å². The molecule has 1 aliphatic carbocycles. The molecule has 0 spiro atoms. The average Bonchev–Trinajstić information content (AvgIpc) is 2.27. The Morgan fingerprint density at radius 2 is 1.93 bits per heavy atom. The van der Waals surface area contributed by atoms with Gasteiger partial charge in [0.1, 0.15) is 0 Å². The van der Waals surface area contributed by atoms with E-state index in [-0.39, 0.29) is 4.75 Å². The minimum Gasteiger partial charge on any atom is -0.474 e. The number of amides is 1. The summed E-state index contributed by atoms with van der Waals surface area (Å²) in [4.78, 5) is 21.3. The van der Waals surface area contributed by atoms with Gasteiger partial charge in [-0.05, 0) is 19.1 Å². The molecule has 0 aromatic carbocycles. The van der Waals surface area contributed by atoms with Crippen LogP contribution in [0.2, 0.25) is 0 Å². The summed E-state index contributed by atoms with van der Waals surface area (Å²) in [5, 5.41) is 10.9. The molecular weight excluding hydrogens is 214 g/mol. The number of rotatable bonds is 3. The van der Waals surface area contributed by atoms with Crippen molar-refractivity contribution < 1.29 is 14.7 Å². The zero-order valence-corrected chi connectivity index (χ0v) is 9.73.